The third-order valence-electron chi connectivity index (χ3n) is 2.24. The molecule has 0 fully saturated rings. The van der Waals surface area contributed by atoms with E-state index in [2.05, 4.69) is 10.4 Å². The van der Waals surface area contributed by atoms with Crippen molar-refractivity contribution in [2.45, 2.75) is 32.2 Å². The van der Waals surface area contributed by atoms with Gasteiger partial charge < -0.3 is 10.4 Å². The highest BCUT2D eigenvalue weighted by Crippen LogP contribution is 1.95. The van der Waals surface area contributed by atoms with E-state index >= 15 is 0 Å². The lowest BCUT2D eigenvalue weighted by atomic mass is 10.2. The molecule has 0 unspecified atom stereocenters. The van der Waals surface area contributed by atoms with Crippen LogP contribution in [0.25, 0.3) is 0 Å². The van der Waals surface area contributed by atoms with Gasteiger partial charge in [0.25, 0.3) is 0 Å². The van der Waals surface area contributed by atoms with E-state index in [0.29, 0.717) is 13.0 Å². The van der Waals surface area contributed by atoms with Crippen molar-refractivity contribution < 1.29 is 14.7 Å². The minimum absolute atomic E-state index is 0.0424. The second-order valence-electron chi connectivity index (χ2n) is 3.72. The summed E-state index contributed by atoms with van der Waals surface area (Å²) >= 11 is 0. The highest BCUT2D eigenvalue weighted by Gasteiger charge is 2.02. The number of carbonyl (C=O) groups excluding carboxylic acids is 1. The highest BCUT2D eigenvalue weighted by atomic mass is 16.4. The second-order valence-corrected chi connectivity index (χ2v) is 3.72. The third kappa shape index (κ3) is 6.34. The Morgan fingerprint density at radius 1 is 1.29 bits per heavy atom. The van der Waals surface area contributed by atoms with Crippen LogP contribution in [-0.4, -0.2) is 33.3 Å². The molecule has 17 heavy (non-hydrogen) atoms. The van der Waals surface area contributed by atoms with Crippen LogP contribution in [0.15, 0.2) is 18.5 Å². The lowest BCUT2D eigenvalue weighted by molar-refractivity contribution is -0.137. The predicted octanol–water partition coefficient (Wildman–Crippen LogP) is 0.644. The Morgan fingerprint density at radius 2 is 2.12 bits per heavy atom. The number of amides is 1. The highest BCUT2D eigenvalue weighted by molar-refractivity contribution is 5.76. The van der Waals surface area contributed by atoms with Gasteiger partial charge in [-0.25, -0.2) is 0 Å². The molecule has 0 aliphatic rings. The lowest BCUT2D eigenvalue weighted by Gasteiger charge is -2.04. The third-order valence-corrected chi connectivity index (χ3v) is 2.24. The van der Waals surface area contributed by atoms with Crippen molar-refractivity contribution in [3.05, 3.63) is 18.5 Å². The maximum atomic E-state index is 11.3. The molecule has 1 aromatic heterocycles. The monoisotopic (exact) mass is 239 g/mol. The number of aryl methyl sites for hydroxylation is 1. The van der Waals surface area contributed by atoms with Crippen LogP contribution in [0.3, 0.4) is 0 Å². The molecule has 0 bridgehead atoms. The summed E-state index contributed by atoms with van der Waals surface area (Å²) in [6.07, 6.45) is 5.10. The summed E-state index contributed by atoms with van der Waals surface area (Å²) in [5.41, 5.74) is 0. The number of carboxylic acids is 1. The van der Waals surface area contributed by atoms with Gasteiger partial charge in [0.15, 0.2) is 0 Å². The van der Waals surface area contributed by atoms with E-state index in [1.54, 1.807) is 10.9 Å². The molecule has 0 radical (unpaired) electrons. The summed E-state index contributed by atoms with van der Waals surface area (Å²) in [6.45, 7) is 1.36. The molecule has 0 saturated heterocycles. The van der Waals surface area contributed by atoms with Gasteiger partial charge >= 0.3 is 5.97 Å². The smallest absolute Gasteiger partial charge is 0.303 e. The maximum absolute atomic E-state index is 11.3. The molecule has 6 nitrogen and oxygen atoms in total. The number of nitrogens with one attached hydrogen (secondary N) is 1. The topological polar surface area (TPSA) is 84.2 Å². The van der Waals surface area contributed by atoms with Gasteiger partial charge in [0.1, 0.15) is 0 Å². The Morgan fingerprint density at radius 3 is 2.76 bits per heavy atom. The summed E-state index contributed by atoms with van der Waals surface area (Å²) in [6, 6.07) is 1.85. The number of aromatic nitrogens is 2. The van der Waals surface area contributed by atoms with Crippen LogP contribution in [0, 0.1) is 0 Å². The van der Waals surface area contributed by atoms with Gasteiger partial charge in [0, 0.05) is 38.3 Å². The van der Waals surface area contributed by atoms with E-state index in [4.69, 9.17) is 5.11 Å². The van der Waals surface area contributed by atoms with Gasteiger partial charge in [0.05, 0.1) is 0 Å². The summed E-state index contributed by atoms with van der Waals surface area (Å²) in [5, 5.41) is 15.2. The first kappa shape index (κ1) is 13.2. The molecule has 94 valence electrons. The summed E-state index contributed by atoms with van der Waals surface area (Å²) in [7, 11) is 0. The van der Waals surface area contributed by atoms with Crippen molar-refractivity contribution in [2.75, 3.05) is 6.54 Å². The quantitative estimate of drug-likeness (QED) is 0.652. The normalized spacial score (nSPS) is 10.1. The van der Waals surface area contributed by atoms with Crippen LogP contribution in [-0.2, 0) is 16.1 Å². The van der Waals surface area contributed by atoms with E-state index < -0.39 is 5.97 Å². The molecule has 6 heteroatoms. The van der Waals surface area contributed by atoms with Crippen molar-refractivity contribution in [2.24, 2.45) is 0 Å². The van der Waals surface area contributed by atoms with Gasteiger partial charge in [-0.2, -0.15) is 5.10 Å². The van der Waals surface area contributed by atoms with Crippen LogP contribution >= 0.6 is 0 Å². The Balaban J connectivity index is 1.98. The average molecular weight is 239 g/mol. The fourth-order valence-corrected chi connectivity index (χ4v) is 1.39. The zero-order valence-corrected chi connectivity index (χ0v) is 9.63. The largest absolute Gasteiger partial charge is 0.481 e. The Bertz CT molecular complexity index is 349. The molecule has 0 saturated carbocycles. The fourth-order valence-electron chi connectivity index (χ4n) is 1.39. The Hall–Kier alpha value is -1.85. The van der Waals surface area contributed by atoms with Gasteiger partial charge in [-0.15, -0.1) is 0 Å². The molecule has 0 spiro atoms. The van der Waals surface area contributed by atoms with Gasteiger partial charge in [0.2, 0.25) is 5.91 Å². The molecule has 1 heterocycles. The van der Waals surface area contributed by atoms with E-state index in [1.165, 1.54) is 0 Å². The molecule has 0 aliphatic carbocycles. The molecular formula is C11H17N3O3. The van der Waals surface area contributed by atoms with Gasteiger partial charge in [-0.1, -0.05) is 0 Å². The van der Waals surface area contributed by atoms with E-state index in [0.717, 1.165) is 13.0 Å². The van der Waals surface area contributed by atoms with Crippen molar-refractivity contribution in [3.8, 4) is 0 Å². The SMILES string of the molecule is O=C(O)CCCC(=O)NCCCn1cccn1. The Kier molecular flexibility index (Phi) is 5.77. The molecule has 1 rings (SSSR count). The first-order valence-corrected chi connectivity index (χ1v) is 5.64. The minimum Gasteiger partial charge on any atom is -0.481 e. The number of carboxylic acid groups (broad SMARTS) is 1. The zero-order chi connectivity index (χ0) is 12.5. The Labute approximate surface area is 99.6 Å². The molecule has 0 aromatic carbocycles. The molecular weight excluding hydrogens is 222 g/mol. The number of hydrogen-bond acceptors (Lipinski definition) is 3. The predicted molar refractivity (Wildman–Crippen MR) is 61.3 cm³/mol. The number of hydrogen-bond donors (Lipinski definition) is 2. The van der Waals surface area contributed by atoms with Crippen molar-refractivity contribution in [1.29, 1.82) is 0 Å². The van der Waals surface area contributed by atoms with E-state index in [9.17, 15) is 9.59 Å². The van der Waals surface area contributed by atoms with Gasteiger partial charge in [-0.05, 0) is 18.9 Å². The number of carbonyl (C=O) groups is 2. The lowest BCUT2D eigenvalue weighted by Crippen LogP contribution is -2.25. The zero-order valence-electron chi connectivity index (χ0n) is 9.63. The summed E-state index contributed by atoms with van der Waals surface area (Å²) < 4.78 is 1.80. The first-order chi connectivity index (χ1) is 8.18. The van der Waals surface area contributed by atoms with Crippen molar-refractivity contribution in [3.63, 3.8) is 0 Å². The average Bonchev–Trinajstić information content (AvgIpc) is 2.76. The summed E-state index contributed by atoms with van der Waals surface area (Å²) in [4.78, 5) is 21.5. The fraction of sp³-hybridized carbons (Fsp3) is 0.545. The van der Waals surface area contributed by atoms with Crippen molar-refractivity contribution in [1.82, 2.24) is 15.1 Å². The van der Waals surface area contributed by atoms with Gasteiger partial charge in [-0.3, -0.25) is 14.3 Å². The standard InChI is InChI=1S/C11H17N3O3/c15-10(4-1-5-11(16)17)12-6-2-8-14-9-3-7-13-14/h3,7,9H,1-2,4-6,8H2,(H,12,15)(H,16,17). The molecule has 0 aliphatic heterocycles. The number of aliphatic carboxylic acids is 1. The van der Waals surface area contributed by atoms with E-state index in [-0.39, 0.29) is 18.7 Å². The van der Waals surface area contributed by atoms with Crippen LogP contribution < -0.4 is 5.32 Å². The maximum Gasteiger partial charge on any atom is 0.303 e. The van der Waals surface area contributed by atoms with E-state index in [1.807, 2.05) is 12.3 Å². The molecule has 1 amide bonds. The van der Waals surface area contributed by atoms with Crippen LogP contribution in [0.4, 0.5) is 0 Å². The minimum atomic E-state index is -0.864. The van der Waals surface area contributed by atoms with Crippen LogP contribution in [0.1, 0.15) is 25.7 Å². The molecule has 0 atom stereocenters. The number of nitrogens with zero attached hydrogens (tertiary/aromatic N) is 2. The van der Waals surface area contributed by atoms with Crippen LogP contribution in [0.5, 0.6) is 0 Å². The van der Waals surface area contributed by atoms with Crippen LogP contribution in [0.2, 0.25) is 0 Å². The second kappa shape index (κ2) is 7.43. The molecule has 2 N–H and O–H groups in total. The summed E-state index contributed by atoms with van der Waals surface area (Å²) in [5.74, 6) is -0.955. The van der Waals surface area contributed by atoms with Crippen molar-refractivity contribution >= 4 is 11.9 Å². The number of rotatable bonds is 8. The molecule has 1 aromatic rings. The first-order valence-electron chi connectivity index (χ1n) is 5.64.